The maximum absolute atomic E-state index is 13.3. The molecule has 224 valence electrons. The number of pyridine rings is 1. The highest BCUT2D eigenvalue weighted by atomic mass is 16.5. The van der Waals surface area contributed by atoms with Gasteiger partial charge in [0.25, 0.3) is 0 Å². The van der Waals surface area contributed by atoms with E-state index in [2.05, 4.69) is 48.2 Å². The van der Waals surface area contributed by atoms with Crippen molar-refractivity contribution in [2.45, 2.75) is 65.6 Å². The molecule has 0 aliphatic carbocycles. The maximum Gasteiger partial charge on any atom is 0.225 e. The number of ketones is 1. The van der Waals surface area contributed by atoms with Crippen molar-refractivity contribution in [3.8, 4) is 28.0 Å². The van der Waals surface area contributed by atoms with Gasteiger partial charge in [0, 0.05) is 54.6 Å². The number of carbonyl (C=O) groups is 1. The normalized spacial score (nSPS) is 15.5. The van der Waals surface area contributed by atoms with Crippen molar-refractivity contribution in [3.05, 3.63) is 77.7 Å². The monoisotopic (exact) mass is 586 g/mol. The van der Waals surface area contributed by atoms with E-state index >= 15 is 0 Å². The number of aryl methyl sites for hydroxylation is 1. The average Bonchev–Trinajstić information content (AvgIpc) is 3.55. The molecule has 0 N–H and O–H groups in total. The molecule has 1 fully saturated rings. The van der Waals surface area contributed by atoms with Crippen LogP contribution in [0, 0.1) is 6.92 Å². The van der Waals surface area contributed by atoms with E-state index in [0.717, 1.165) is 86.3 Å². The lowest BCUT2D eigenvalue weighted by Gasteiger charge is -2.30. The Morgan fingerprint density at radius 2 is 1.75 bits per heavy atom. The number of aromatic nitrogens is 3. The van der Waals surface area contributed by atoms with Crippen molar-refractivity contribution in [3.63, 3.8) is 0 Å². The zero-order valence-corrected chi connectivity index (χ0v) is 26.1. The third kappa shape index (κ3) is 5.09. The lowest BCUT2D eigenvalue weighted by atomic mass is 9.84. The van der Waals surface area contributed by atoms with Gasteiger partial charge in [-0.1, -0.05) is 18.2 Å². The summed E-state index contributed by atoms with van der Waals surface area (Å²) >= 11 is 0. The molecule has 0 bridgehead atoms. The van der Waals surface area contributed by atoms with Crippen molar-refractivity contribution < 1.29 is 14.3 Å². The van der Waals surface area contributed by atoms with Crippen LogP contribution in [0.2, 0.25) is 0 Å². The number of carbonyl (C=O) groups excluding carboxylic acids is 1. The van der Waals surface area contributed by atoms with Gasteiger partial charge in [-0.2, -0.15) is 0 Å². The molecule has 0 radical (unpaired) electrons. The summed E-state index contributed by atoms with van der Waals surface area (Å²) in [6.07, 6.45) is 8.20. The Morgan fingerprint density at radius 1 is 0.977 bits per heavy atom. The van der Waals surface area contributed by atoms with Crippen molar-refractivity contribution in [2.24, 2.45) is 0 Å². The topological polar surface area (TPSA) is 77.4 Å². The fourth-order valence-electron chi connectivity index (χ4n) is 6.72. The molecule has 0 spiro atoms. The Morgan fingerprint density at radius 3 is 2.48 bits per heavy atom. The minimum Gasteiger partial charge on any atom is -0.493 e. The SMILES string of the molecule is CC(=O)C(OC(C)(C)C)c1c(C)cc2cc(-c3cnc(N4CCCC4)nc3)ccc2c1-c1ccc2c3c(ccnc13)CCO2. The lowest BCUT2D eigenvalue weighted by molar-refractivity contribution is -0.138. The van der Waals surface area contributed by atoms with Gasteiger partial charge >= 0.3 is 0 Å². The largest absolute Gasteiger partial charge is 0.493 e. The van der Waals surface area contributed by atoms with Crippen LogP contribution in [0.1, 0.15) is 63.3 Å². The van der Waals surface area contributed by atoms with Crippen LogP contribution in [0.25, 0.3) is 43.9 Å². The van der Waals surface area contributed by atoms with Crippen LogP contribution in [0.4, 0.5) is 5.95 Å². The molecule has 1 unspecified atom stereocenters. The second-order valence-corrected chi connectivity index (χ2v) is 13.0. The van der Waals surface area contributed by atoms with Gasteiger partial charge in [-0.3, -0.25) is 9.78 Å². The highest BCUT2D eigenvalue weighted by Gasteiger charge is 2.31. The first-order chi connectivity index (χ1) is 21.2. The zero-order chi connectivity index (χ0) is 30.6. The molecular formula is C37H38N4O3. The zero-order valence-electron chi connectivity index (χ0n) is 26.1. The molecule has 0 amide bonds. The molecule has 2 aliphatic heterocycles. The Hall–Kier alpha value is -4.36. The third-order valence-corrected chi connectivity index (χ3v) is 8.69. The summed E-state index contributed by atoms with van der Waals surface area (Å²) in [4.78, 5) is 29.8. The van der Waals surface area contributed by atoms with Crippen molar-refractivity contribution in [1.29, 1.82) is 0 Å². The standard InChI is InChI=1S/C37H38N4O3/c1-22-18-26-19-25(27-20-39-36(40-21-27)41-15-6-7-16-41)8-9-28(26)33(31(22)35(23(2)42)44-37(3,4)5)29-10-11-30-32-24(13-17-43-30)12-14-38-34(29)32/h8-12,14,18-21,35H,6-7,13,15-17H2,1-5H3. The van der Waals surface area contributed by atoms with Gasteiger partial charge in [0.05, 0.1) is 17.7 Å². The predicted molar refractivity (Wildman–Crippen MR) is 175 cm³/mol. The number of nitrogens with zero attached hydrogens (tertiary/aromatic N) is 4. The first kappa shape index (κ1) is 28.4. The van der Waals surface area contributed by atoms with E-state index in [4.69, 9.17) is 24.4 Å². The quantitative estimate of drug-likeness (QED) is 0.201. The molecule has 7 nitrogen and oxygen atoms in total. The Kier molecular flexibility index (Phi) is 7.08. The van der Waals surface area contributed by atoms with Gasteiger partial charge in [0.1, 0.15) is 11.9 Å². The fraction of sp³-hybridized carbons (Fsp3) is 0.351. The summed E-state index contributed by atoms with van der Waals surface area (Å²) in [5, 5.41) is 3.14. The molecule has 1 atom stereocenters. The first-order valence-electron chi connectivity index (χ1n) is 15.5. The van der Waals surface area contributed by atoms with Crippen LogP contribution in [0.15, 0.2) is 61.1 Å². The number of ether oxygens (including phenoxy) is 2. The Labute approximate surface area is 258 Å². The second kappa shape index (κ2) is 11.0. The van der Waals surface area contributed by atoms with Crippen molar-refractivity contribution >= 4 is 33.4 Å². The van der Waals surface area contributed by atoms with Crippen molar-refractivity contribution in [2.75, 3.05) is 24.6 Å². The van der Waals surface area contributed by atoms with Gasteiger partial charge in [-0.05, 0) is 110 Å². The number of rotatable bonds is 6. The molecule has 2 aromatic heterocycles. The highest BCUT2D eigenvalue weighted by Crippen LogP contribution is 2.45. The van der Waals surface area contributed by atoms with Crippen LogP contribution in [0.5, 0.6) is 5.75 Å². The molecule has 2 aliphatic rings. The Bertz CT molecular complexity index is 1890. The first-order valence-corrected chi connectivity index (χ1v) is 15.5. The lowest BCUT2D eigenvalue weighted by Crippen LogP contribution is -2.27. The van der Waals surface area contributed by atoms with E-state index in [0.29, 0.717) is 6.61 Å². The minimum absolute atomic E-state index is 0.0329. The van der Waals surface area contributed by atoms with Gasteiger partial charge in [0.15, 0.2) is 5.78 Å². The number of hydrogen-bond donors (Lipinski definition) is 0. The fourth-order valence-corrected chi connectivity index (χ4v) is 6.72. The molecule has 7 rings (SSSR count). The van der Waals surface area contributed by atoms with Gasteiger partial charge in [-0.15, -0.1) is 0 Å². The minimum atomic E-state index is -0.734. The second-order valence-electron chi connectivity index (χ2n) is 13.0. The number of Topliss-reactive ketones (excluding diaryl/α,β-unsaturated/α-hetero) is 1. The molecule has 3 aromatic carbocycles. The molecule has 1 saturated heterocycles. The van der Waals surface area contributed by atoms with Crippen LogP contribution < -0.4 is 9.64 Å². The highest BCUT2D eigenvalue weighted by molar-refractivity contribution is 6.09. The summed E-state index contributed by atoms with van der Waals surface area (Å²) < 4.78 is 12.6. The number of anilines is 1. The van der Waals surface area contributed by atoms with Crippen LogP contribution in [0.3, 0.4) is 0 Å². The number of benzene rings is 3. The van der Waals surface area contributed by atoms with Gasteiger partial charge in [0.2, 0.25) is 5.95 Å². The predicted octanol–water partition coefficient (Wildman–Crippen LogP) is 7.80. The molecule has 7 heteroatoms. The Balaban J connectivity index is 1.45. The number of fused-ring (bicyclic) bond motifs is 1. The van der Waals surface area contributed by atoms with Crippen LogP contribution in [-0.2, 0) is 16.0 Å². The average molecular weight is 587 g/mol. The van der Waals surface area contributed by atoms with Gasteiger partial charge < -0.3 is 14.4 Å². The summed E-state index contributed by atoms with van der Waals surface area (Å²) in [6, 6.07) is 14.8. The van der Waals surface area contributed by atoms with Crippen LogP contribution >= 0.6 is 0 Å². The molecule has 4 heterocycles. The summed E-state index contributed by atoms with van der Waals surface area (Å²) in [7, 11) is 0. The molecule has 44 heavy (non-hydrogen) atoms. The van der Waals surface area contributed by atoms with E-state index in [-0.39, 0.29) is 5.78 Å². The molecule has 0 saturated carbocycles. The third-order valence-electron chi connectivity index (χ3n) is 8.69. The van der Waals surface area contributed by atoms with E-state index in [1.54, 1.807) is 6.92 Å². The van der Waals surface area contributed by atoms with E-state index in [9.17, 15) is 4.79 Å². The smallest absolute Gasteiger partial charge is 0.225 e. The van der Waals surface area contributed by atoms with E-state index in [1.165, 1.54) is 18.4 Å². The van der Waals surface area contributed by atoms with E-state index < -0.39 is 11.7 Å². The summed E-state index contributed by atoms with van der Waals surface area (Å²) in [5.74, 6) is 1.61. The van der Waals surface area contributed by atoms with Crippen molar-refractivity contribution in [1.82, 2.24) is 15.0 Å². The summed E-state index contributed by atoms with van der Waals surface area (Å²) in [6.45, 7) is 12.3. The number of hydrogen-bond acceptors (Lipinski definition) is 7. The maximum atomic E-state index is 13.3. The summed E-state index contributed by atoms with van der Waals surface area (Å²) in [5.41, 5.74) is 7.40. The molecular weight excluding hydrogens is 548 g/mol. The van der Waals surface area contributed by atoms with Gasteiger partial charge in [-0.25, -0.2) is 9.97 Å². The van der Waals surface area contributed by atoms with Crippen LogP contribution in [-0.4, -0.2) is 46.0 Å². The van der Waals surface area contributed by atoms with E-state index in [1.807, 2.05) is 45.4 Å². The molecule has 5 aromatic rings.